The third-order valence-corrected chi connectivity index (χ3v) is 3.50. The number of pyridine rings is 1. The first-order valence-corrected chi connectivity index (χ1v) is 6.78. The van der Waals surface area contributed by atoms with Gasteiger partial charge in [-0.2, -0.15) is 0 Å². The van der Waals surface area contributed by atoms with Crippen LogP contribution in [0.1, 0.15) is 12.5 Å². The molecule has 0 aliphatic heterocycles. The van der Waals surface area contributed by atoms with Crippen LogP contribution in [0.25, 0.3) is 5.52 Å². The lowest BCUT2D eigenvalue weighted by molar-refractivity contribution is -0.130. The Morgan fingerprint density at radius 2 is 2.14 bits per heavy atom. The summed E-state index contributed by atoms with van der Waals surface area (Å²) in [4.78, 5) is 13.3. The quantitative estimate of drug-likeness (QED) is 0.907. The molecule has 0 radical (unpaired) electrons. The molecule has 0 aliphatic rings. The number of rotatable bonds is 5. The number of carbonyl (C=O) groups excluding carboxylic acids is 1. The number of halogens is 1. The summed E-state index contributed by atoms with van der Waals surface area (Å²) in [6, 6.07) is 2.75. The Balaban J connectivity index is 2.23. The van der Waals surface area contributed by atoms with Crippen LogP contribution in [0, 0.1) is 5.82 Å². The fourth-order valence-corrected chi connectivity index (χ4v) is 2.35. The summed E-state index contributed by atoms with van der Waals surface area (Å²) in [5.74, 6) is -0.291. The zero-order valence-corrected chi connectivity index (χ0v) is 12.5. The minimum Gasteiger partial charge on any atom is -0.492 e. The van der Waals surface area contributed by atoms with Gasteiger partial charge in [0.05, 0.1) is 18.7 Å². The highest BCUT2D eigenvalue weighted by Crippen LogP contribution is 2.27. The molecule has 0 saturated carbocycles. The van der Waals surface area contributed by atoms with Gasteiger partial charge >= 0.3 is 0 Å². The third kappa shape index (κ3) is 3.00. The molecule has 114 valence electrons. The number of nitrogens with two attached hydrogens (primary N) is 1. The number of aromatic nitrogens is 1. The van der Waals surface area contributed by atoms with Gasteiger partial charge in [-0.3, -0.25) is 4.79 Å². The van der Waals surface area contributed by atoms with Crippen molar-refractivity contribution < 1.29 is 13.9 Å². The summed E-state index contributed by atoms with van der Waals surface area (Å²) < 4.78 is 20.8. The molecule has 1 amide bonds. The molecule has 21 heavy (non-hydrogen) atoms. The molecule has 5 nitrogen and oxygen atoms in total. The van der Waals surface area contributed by atoms with Crippen LogP contribution in [0.3, 0.4) is 0 Å². The predicted molar refractivity (Wildman–Crippen MR) is 78.9 cm³/mol. The number of carbonyl (C=O) groups is 1. The van der Waals surface area contributed by atoms with Gasteiger partial charge in [-0.05, 0) is 31.0 Å². The van der Waals surface area contributed by atoms with E-state index >= 15 is 0 Å². The number of hydrogen-bond acceptors (Lipinski definition) is 3. The Morgan fingerprint density at radius 1 is 1.48 bits per heavy atom. The summed E-state index contributed by atoms with van der Waals surface area (Å²) >= 11 is 0. The van der Waals surface area contributed by atoms with Crippen LogP contribution in [0.4, 0.5) is 4.39 Å². The summed E-state index contributed by atoms with van der Waals surface area (Å²) in [6.07, 6.45) is 4.10. The molecule has 0 fully saturated rings. The summed E-state index contributed by atoms with van der Waals surface area (Å²) in [5, 5.41) is 0. The molecule has 2 rings (SSSR count). The highest BCUT2D eigenvalue weighted by atomic mass is 19.1. The summed E-state index contributed by atoms with van der Waals surface area (Å²) in [6.45, 7) is 2.17. The van der Waals surface area contributed by atoms with E-state index in [9.17, 15) is 9.18 Å². The van der Waals surface area contributed by atoms with Crippen molar-refractivity contribution in [2.45, 2.75) is 19.4 Å². The van der Waals surface area contributed by atoms with Gasteiger partial charge in [0.1, 0.15) is 0 Å². The molecule has 0 spiro atoms. The Bertz CT molecular complexity index is 652. The first kappa shape index (κ1) is 15.3. The van der Waals surface area contributed by atoms with E-state index in [1.54, 1.807) is 25.1 Å². The van der Waals surface area contributed by atoms with E-state index in [1.807, 2.05) is 16.7 Å². The molecule has 0 aliphatic carbocycles. The van der Waals surface area contributed by atoms with Crippen molar-refractivity contribution in [3.63, 3.8) is 0 Å². The SMILES string of the molecule is COc1c(F)ccn2ccc(CCN(C)C(=O)[C@H](C)N)c12. The fourth-order valence-electron chi connectivity index (χ4n) is 2.35. The Kier molecular flexibility index (Phi) is 4.47. The summed E-state index contributed by atoms with van der Waals surface area (Å²) in [7, 11) is 3.16. The maximum atomic E-state index is 13.8. The fraction of sp³-hybridized carbons (Fsp3) is 0.400. The van der Waals surface area contributed by atoms with Crippen molar-refractivity contribution in [3.8, 4) is 5.75 Å². The maximum Gasteiger partial charge on any atom is 0.238 e. The van der Waals surface area contributed by atoms with E-state index in [-0.39, 0.29) is 11.7 Å². The van der Waals surface area contributed by atoms with Crippen LogP contribution in [0.2, 0.25) is 0 Å². The standard InChI is InChI=1S/C15H20FN3O2/c1-10(17)15(20)18(2)7-4-11-5-8-19-9-6-12(16)14(21-3)13(11)19/h5-6,8-10H,4,7,17H2,1-3H3/t10-/m0/s1. The number of amides is 1. The normalized spacial score (nSPS) is 12.4. The van der Waals surface area contributed by atoms with Crippen molar-refractivity contribution in [3.05, 3.63) is 35.9 Å². The van der Waals surface area contributed by atoms with E-state index in [4.69, 9.17) is 10.5 Å². The van der Waals surface area contributed by atoms with Gasteiger partial charge in [-0.1, -0.05) is 0 Å². The number of fused-ring (bicyclic) bond motifs is 1. The molecule has 0 aromatic carbocycles. The lowest BCUT2D eigenvalue weighted by Crippen LogP contribution is -2.40. The average molecular weight is 293 g/mol. The number of ether oxygens (including phenoxy) is 1. The molecular weight excluding hydrogens is 273 g/mol. The third-order valence-electron chi connectivity index (χ3n) is 3.50. The minimum absolute atomic E-state index is 0.114. The van der Waals surface area contributed by atoms with Crippen molar-refractivity contribution in [1.29, 1.82) is 0 Å². The molecule has 2 heterocycles. The molecule has 6 heteroatoms. The lowest BCUT2D eigenvalue weighted by Gasteiger charge is -2.19. The topological polar surface area (TPSA) is 60.0 Å². The first-order chi connectivity index (χ1) is 9.95. The van der Waals surface area contributed by atoms with Crippen LogP contribution in [-0.4, -0.2) is 42.0 Å². The van der Waals surface area contributed by atoms with Crippen LogP contribution < -0.4 is 10.5 Å². The highest BCUT2D eigenvalue weighted by molar-refractivity contribution is 5.81. The molecule has 0 bridgehead atoms. The van der Waals surface area contributed by atoms with Crippen LogP contribution >= 0.6 is 0 Å². The monoisotopic (exact) mass is 293 g/mol. The van der Waals surface area contributed by atoms with E-state index < -0.39 is 11.9 Å². The highest BCUT2D eigenvalue weighted by Gasteiger charge is 2.16. The molecule has 2 aromatic heterocycles. The molecule has 1 atom stereocenters. The zero-order valence-electron chi connectivity index (χ0n) is 12.5. The zero-order chi connectivity index (χ0) is 15.6. The molecule has 2 N–H and O–H groups in total. The van der Waals surface area contributed by atoms with Crippen molar-refractivity contribution >= 4 is 11.4 Å². The molecule has 2 aromatic rings. The first-order valence-electron chi connectivity index (χ1n) is 6.78. The van der Waals surface area contributed by atoms with Crippen LogP contribution in [0.5, 0.6) is 5.75 Å². The number of likely N-dealkylation sites (N-methyl/N-ethyl adjacent to an activating group) is 1. The van der Waals surface area contributed by atoms with Gasteiger partial charge < -0.3 is 19.8 Å². The van der Waals surface area contributed by atoms with Crippen molar-refractivity contribution in [1.82, 2.24) is 9.30 Å². The van der Waals surface area contributed by atoms with Gasteiger partial charge in [0.2, 0.25) is 5.91 Å². The Hall–Kier alpha value is -2.08. The average Bonchev–Trinajstić information content (AvgIpc) is 2.87. The van der Waals surface area contributed by atoms with Crippen molar-refractivity contribution in [2.24, 2.45) is 5.73 Å². The van der Waals surface area contributed by atoms with Gasteiger partial charge in [0, 0.05) is 26.0 Å². The van der Waals surface area contributed by atoms with Gasteiger partial charge in [0.25, 0.3) is 0 Å². The second-order valence-corrected chi connectivity index (χ2v) is 5.09. The lowest BCUT2D eigenvalue weighted by atomic mass is 10.1. The second-order valence-electron chi connectivity index (χ2n) is 5.09. The van der Waals surface area contributed by atoms with Gasteiger partial charge in [0.15, 0.2) is 11.6 Å². The van der Waals surface area contributed by atoms with E-state index in [1.165, 1.54) is 13.2 Å². The smallest absolute Gasteiger partial charge is 0.238 e. The molecular formula is C15H20FN3O2. The predicted octanol–water partition coefficient (Wildman–Crippen LogP) is 1.44. The van der Waals surface area contributed by atoms with E-state index in [0.717, 1.165) is 5.56 Å². The van der Waals surface area contributed by atoms with Crippen LogP contribution in [-0.2, 0) is 11.2 Å². The molecule has 0 saturated heterocycles. The number of methoxy groups -OCH3 is 1. The van der Waals surface area contributed by atoms with Crippen LogP contribution in [0.15, 0.2) is 24.5 Å². The Labute approximate surface area is 123 Å². The van der Waals surface area contributed by atoms with E-state index in [0.29, 0.717) is 18.5 Å². The largest absolute Gasteiger partial charge is 0.492 e. The summed E-state index contributed by atoms with van der Waals surface area (Å²) in [5.41, 5.74) is 7.20. The minimum atomic E-state index is -0.521. The van der Waals surface area contributed by atoms with Gasteiger partial charge in [-0.25, -0.2) is 4.39 Å². The van der Waals surface area contributed by atoms with Crippen molar-refractivity contribution in [2.75, 3.05) is 20.7 Å². The number of hydrogen-bond donors (Lipinski definition) is 1. The maximum absolute atomic E-state index is 13.8. The molecule has 0 unspecified atom stereocenters. The van der Waals surface area contributed by atoms with Gasteiger partial charge in [-0.15, -0.1) is 0 Å². The van der Waals surface area contributed by atoms with E-state index in [2.05, 4.69) is 0 Å². The Morgan fingerprint density at radius 3 is 2.76 bits per heavy atom. The second kappa shape index (κ2) is 6.13. The number of nitrogens with zero attached hydrogens (tertiary/aromatic N) is 2.